The van der Waals surface area contributed by atoms with E-state index in [-0.39, 0.29) is 11.8 Å². The van der Waals surface area contributed by atoms with Crippen LogP contribution in [0.25, 0.3) is 0 Å². The van der Waals surface area contributed by atoms with Gasteiger partial charge < -0.3 is 10.6 Å². The summed E-state index contributed by atoms with van der Waals surface area (Å²) in [6.07, 6.45) is 2.64. The molecule has 3 nitrogen and oxygen atoms in total. The third-order valence-electron chi connectivity index (χ3n) is 2.35. The van der Waals surface area contributed by atoms with Gasteiger partial charge in [0.25, 0.3) is 0 Å². The monoisotopic (exact) mass is 230 g/mol. The normalized spacial score (nSPS) is 12.2. The SMILES string of the molecule is CCCN(CCC)C(=O)C(CC)C(N)=S. The maximum atomic E-state index is 12.1. The van der Waals surface area contributed by atoms with Crippen LogP contribution in [0.2, 0.25) is 0 Å². The molecular weight excluding hydrogens is 208 g/mol. The number of amides is 1. The second-order valence-corrected chi connectivity index (χ2v) is 4.16. The summed E-state index contributed by atoms with van der Waals surface area (Å²) < 4.78 is 0. The predicted octanol–water partition coefficient (Wildman–Crippen LogP) is 1.95. The minimum atomic E-state index is -0.280. The van der Waals surface area contributed by atoms with Gasteiger partial charge in [-0.1, -0.05) is 33.0 Å². The highest BCUT2D eigenvalue weighted by Crippen LogP contribution is 2.09. The third-order valence-corrected chi connectivity index (χ3v) is 2.63. The molecular formula is C11H22N2OS. The first-order chi connectivity index (χ1) is 7.08. The van der Waals surface area contributed by atoms with Gasteiger partial charge in [-0.15, -0.1) is 0 Å². The molecule has 1 atom stereocenters. The second kappa shape index (κ2) is 7.63. The molecule has 0 spiro atoms. The first kappa shape index (κ1) is 14.4. The fraction of sp³-hybridized carbons (Fsp3) is 0.818. The van der Waals surface area contributed by atoms with E-state index >= 15 is 0 Å². The summed E-state index contributed by atoms with van der Waals surface area (Å²) >= 11 is 4.91. The molecule has 0 saturated heterocycles. The summed E-state index contributed by atoms with van der Waals surface area (Å²) in [6.45, 7) is 7.67. The van der Waals surface area contributed by atoms with E-state index in [1.54, 1.807) is 0 Å². The Morgan fingerprint density at radius 1 is 1.27 bits per heavy atom. The molecule has 2 N–H and O–H groups in total. The molecule has 0 aromatic rings. The van der Waals surface area contributed by atoms with Crippen LogP contribution in [0.15, 0.2) is 0 Å². The van der Waals surface area contributed by atoms with Gasteiger partial charge in [0.05, 0.1) is 10.9 Å². The molecule has 0 aliphatic heterocycles. The quantitative estimate of drug-likeness (QED) is 0.680. The average molecular weight is 230 g/mol. The molecule has 1 amide bonds. The van der Waals surface area contributed by atoms with Gasteiger partial charge in [-0.25, -0.2) is 0 Å². The number of carbonyl (C=O) groups is 1. The lowest BCUT2D eigenvalue weighted by molar-refractivity contribution is -0.133. The van der Waals surface area contributed by atoms with Gasteiger partial charge in [0.15, 0.2) is 0 Å². The van der Waals surface area contributed by atoms with Crippen molar-refractivity contribution in [2.45, 2.75) is 40.0 Å². The Bertz CT molecular complexity index is 213. The van der Waals surface area contributed by atoms with Gasteiger partial charge in [-0.3, -0.25) is 4.79 Å². The van der Waals surface area contributed by atoms with Crippen molar-refractivity contribution in [3.05, 3.63) is 0 Å². The van der Waals surface area contributed by atoms with Crippen molar-refractivity contribution in [3.63, 3.8) is 0 Å². The van der Waals surface area contributed by atoms with Crippen LogP contribution in [0, 0.1) is 5.92 Å². The summed E-state index contributed by atoms with van der Waals surface area (Å²) in [5.41, 5.74) is 5.56. The minimum absolute atomic E-state index is 0.0914. The molecule has 0 aromatic carbocycles. The van der Waals surface area contributed by atoms with Crippen LogP contribution in [0.3, 0.4) is 0 Å². The maximum Gasteiger partial charge on any atom is 0.232 e. The summed E-state index contributed by atoms with van der Waals surface area (Å²) in [5, 5.41) is 0. The molecule has 0 saturated carbocycles. The van der Waals surface area contributed by atoms with Crippen molar-refractivity contribution < 1.29 is 4.79 Å². The Labute approximate surface area is 98.0 Å². The molecule has 0 radical (unpaired) electrons. The molecule has 0 bridgehead atoms. The Balaban J connectivity index is 4.51. The van der Waals surface area contributed by atoms with Gasteiger partial charge in [-0.2, -0.15) is 0 Å². The molecule has 0 aliphatic carbocycles. The molecule has 0 rings (SSSR count). The smallest absolute Gasteiger partial charge is 0.232 e. The van der Waals surface area contributed by atoms with Gasteiger partial charge >= 0.3 is 0 Å². The van der Waals surface area contributed by atoms with E-state index in [0.717, 1.165) is 25.9 Å². The Hall–Kier alpha value is -0.640. The molecule has 0 aliphatic rings. The third kappa shape index (κ3) is 4.60. The van der Waals surface area contributed by atoms with E-state index in [1.807, 2.05) is 11.8 Å². The lowest BCUT2D eigenvalue weighted by Gasteiger charge is -2.25. The molecule has 88 valence electrons. The summed E-state index contributed by atoms with van der Waals surface area (Å²) in [7, 11) is 0. The van der Waals surface area contributed by atoms with Crippen LogP contribution in [-0.4, -0.2) is 28.9 Å². The number of carbonyl (C=O) groups excluding carboxylic acids is 1. The minimum Gasteiger partial charge on any atom is -0.393 e. The van der Waals surface area contributed by atoms with Crippen LogP contribution in [0.4, 0.5) is 0 Å². The summed E-state index contributed by atoms with van der Waals surface area (Å²) in [5.74, 6) is -0.188. The van der Waals surface area contributed by atoms with Crippen molar-refractivity contribution in [3.8, 4) is 0 Å². The standard InChI is InChI=1S/C11H22N2OS/c1-4-7-13(8-5-2)11(14)9(6-3)10(12)15/h9H,4-8H2,1-3H3,(H2,12,15). The lowest BCUT2D eigenvalue weighted by Crippen LogP contribution is -2.41. The highest BCUT2D eigenvalue weighted by atomic mass is 32.1. The van der Waals surface area contributed by atoms with Gasteiger partial charge in [0, 0.05) is 13.1 Å². The number of thiocarbonyl (C=S) groups is 1. The van der Waals surface area contributed by atoms with Crippen molar-refractivity contribution in [1.82, 2.24) is 4.90 Å². The lowest BCUT2D eigenvalue weighted by atomic mass is 10.0. The fourth-order valence-corrected chi connectivity index (χ4v) is 1.86. The van der Waals surface area contributed by atoms with Crippen LogP contribution in [0.5, 0.6) is 0 Å². The topological polar surface area (TPSA) is 46.3 Å². The van der Waals surface area contributed by atoms with Crippen molar-refractivity contribution in [1.29, 1.82) is 0 Å². The fourth-order valence-electron chi connectivity index (χ4n) is 1.59. The van der Waals surface area contributed by atoms with Crippen molar-refractivity contribution in [2.24, 2.45) is 11.7 Å². The molecule has 0 fully saturated rings. The zero-order valence-electron chi connectivity index (χ0n) is 9.95. The van der Waals surface area contributed by atoms with Gasteiger partial charge in [-0.05, 0) is 19.3 Å². The zero-order chi connectivity index (χ0) is 11.8. The van der Waals surface area contributed by atoms with Crippen molar-refractivity contribution in [2.75, 3.05) is 13.1 Å². The molecule has 15 heavy (non-hydrogen) atoms. The summed E-state index contributed by atoms with van der Waals surface area (Å²) in [6, 6.07) is 0. The maximum absolute atomic E-state index is 12.1. The highest BCUT2D eigenvalue weighted by Gasteiger charge is 2.23. The average Bonchev–Trinajstić information content (AvgIpc) is 2.17. The van der Waals surface area contributed by atoms with Crippen molar-refractivity contribution >= 4 is 23.1 Å². The van der Waals surface area contributed by atoms with Crippen LogP contribution >= 0.6 is 12.2 Å². The van der Waals surface area contributed by atoms with E-state index in [9.17, 15) is 4.79 Å². The summed E-state index contributed by atoms with van der Waals surface area (Å²) in [4.78, 5) is 14.2. The van der Waals surface area contributed by atoms with Crippen LogP contribution < -0.4 is 5.73 Å². The van der Waals surface area contributed by atoms with Gasteiger partial charge in [0.2, 0.25) is 5.91 Å². The number of rotatable bonds is 7. The highest BCUT2D eigenvalue weighted by molar-refractivity contribution is 7.80. The van der Waals surface area contributed by atoms with E-state index in [1.165, 1.54) is 0 Å². The van der Waals surface area contributed by atoms with Gasteiger partial charge in [0.1, 0.15) is 0 Å². The van der Waals surface area contributed by atoms with Crippen LogP contribution in [0.1, 0.15) is 40.0 Å². The first-order valence-electron chi connectivity index (χ1n) is 5.66. The number of hydrogen-bond acceptors (Lipinski definition) is 2. The van der Waals surface area contributed by atoms with E-state index in [0.29, 0.717) is 11.4 Å². The predicted molar refractivity (Wildman–Crippen MR) is 67.7 cm³/mol. The number of nitrogens with zero attached hydrogens (tertiary/aromatic N) is 1. The van der Waals surface area contributed by atoms with E-state index < -0.39 is 0 Å². The largest absolute Gasteiger partial charge is 0.393 e. The Kier molecular flexibility index (Phi) is 7.30. The molecule has 4 heteroatoms. The van der Waals surface area contributed by atoms with Crippen LogP contribution in [-0.2, 0) is 4.79 Å². The number of hydrogen-bond donors (Lipinski definition) is 1. The second-order valence-electron chi connectivity index (χ2n) is 3.69. The molecule has 0 aromatic heterocycles. The van der Waals surface area contributed by atoms with E-state index in [4.69, 9.17) is 18.0 Å². The zero-order valence-corrected chi connectivity index (χ0v) is 10.8. The molecule has 1 unspecified atom stereocenters. The molecule has 0 heterocycles. The Morgan fingerprint density at radius 2 is 1.73 bits per heavy atom. The number of nitrogens with two attached hydrogens (primary N) is 1. The first-order valence-corrected chi connectivity index (χ1v) is 6.07. The Morgan fingerprint density at radius 3 is 2.00 bits per heavy atom. The van der Waals surface area contributed by atoms with E-state index in [2.05, 4.69) is 13.8 Å².